The van der Waals surface area contributed by atoms with Gasteiger partial charge in [-0.2, -0.15) is 0 Å². The number of hydrazine groups is 1. The van der Waals surface area contributed by atoms with Gasteiger partial charge >= 0.3 is 0 Å². The summed E-state index contributed by atoms with van der Waals surface area (Å²) in [5.41, 5.74) is 9.23. The molecular formula is C17H21FN2. The highest BCUT2D eigenvalue weighted by molar-refractivity contribution is 5.44. The summed E-state index contributed by atoms with van der Waals surface area (Å²) in [7, 11) is 0. The summed E-state index contributed by atoms with van der Waals surface area (Å²) >= 11 is 0. The van der Waals surface area contributed by atoms with Gasteiger partial charge < -0.3 is 0 Å². The molecule has 2 aromatic rings. The number of benzene rings is 2. The summed E-state index contributed by atoms with van der Waals surface area (Å²) in [6.45, 7) is 8.00. The molecule has 0 saturated carbocycles. The number of nitrogens with two attached hydrogens (primary N) is 1. The normalized spacial score (nSPS) is 12.5. The average Bonchev–Trinajstić information content (AvgIpc) is 2.37. The minimum atomic E-state index is -0.193. The zero-order valence-corrected chi connectivity index (χ0v) is 12.4. The minimum absolute atomic E-state index is 0.130. The molecule has 0 saturated heterocycles. The molecule has 0 aliphatic carbocycles. The predicted octanol–water partition coefficient (Wildman–Crippen LogP) is 3.61. The van der Waals surface area contributed by atoms with Crippen molar-refractivity contribution in [3.05, 3.63) is 69.5 Å². The van der Waals surface area contributed by atoms with Crippen molar-refractivity contribution in [3.63, 3.8) is 0 Å². The Kier molecular flexibility index (Phi) is 4.21. The summed E-state index contributed by atoms with van der Waals surface area (Å²) in [6, 6.07) is 9.28. The van der Waals surface area contributed by atoms with Crippen molar-refractivity contribution in [2.24, 2.45) is 5.84 Å². The number of halogens is 1. The van der Waals surface area contributed by atoms with Crippen LogP contribution in [0.5, 0.6) is 0 Å². The van der Waals surface area contributed by atoms with Crippen LogP contribution >= 0.6 is 0 Å². The summed E-state index contributed by atoms with van der Waals surface area (Å²) in [5.74, 6) is 5.56. The molecule has 2 nitrogen and oxygen atoms in total. The number of hydrogen-bond acceptors (Lipinski definition) is 2. The van der Waals surface area contributed by atoms with Gasteiger partial charge in [0.15, 0.2) is 0 Å². The molecular weight excluding hydrogens is 251 g/mol. The third kappa shape index (κ3) is 2.74. The van der Waals surface area contributed by atoms with Crippen LogP contribution in [0.3, 0.4) is 0 Å². The molecule has 0 fully saturated rings. The van der Waals surface area contributed by atoms with Gasteiger partial charge in [-0.1, -0.05) is 29.8 Å². The third-order valence-corrected chi connectivity index (χ3v) is 3.71. The molecule has 0 aliphatic rings. The highest BCUT2D eigenvalue weighted by atomic mass is 19.1. The van der Waals surface area contributed by atoms with E-state index in [2.05, 4.69) is 38.3 Å². The third-order valence-electron chi connectivity index (χ3n) is 3.71. The smallest absolute Gasteiger partial charge is 0.126 e. The first-order valence-electron chi connectivity index (χ1n) is 6.74. The number of nitrogens with one attached hydrogen (secondary N) is 1. The maximum Gasteiger partial charge on any atom is 0.126 e. The first-order chi connectivity index (χ1) is 9.43. The van der Waals surface area contributed by atoms with Gasteiger partial charge in [-0.15, -0.1) is 0 Å². The molecule has 1 unspecified atom stereocenters. The van der Waals surface area contributed by atoms with E-state index in [1.54, 1.807) is 13.0 Å². The first kappa shape index (κ1) is 14.7. The standard InChI is InChI=1S/C17H21FN2/c1-10-7-12(3)16(13(4)8-10)17(20-19)14-5-6-15(18)11(2)9-14/h5-9,17,20H,19H2,1-4H3. The molecule has 2 rings (SSSR count). The molecule has 0 radical (unpaired) electrons. The molecule has 0 aliphatic heterocycles. The second-order valence-electron chi connectivity index (χ2n) is 5.42. The topological polar surface area (TPSA) is 38.0 Å². The highest BCUT2D eigenvalue weighted by Crippen LogP contribution is 2.29. The van der Waals surface area contributed by atoms with Crippen molar-refractivity contribution >= 4 is 0 Å². The van der Waals surface area contributed by atoms with Crippen molar-refractivity contribution in [2.45, 2.75) is 33.7 Å². The van der Waals surface area contributed by atoms with E-state index >= 15 is 0 Å². The van der Waals surface area contributed by atoms with E-state index in [0.29, 0.717) is 5.56 Å². The Morgan fingerprint density at radius 3 is 2.05 bits per heavy atom. The molecule has 1 atom stereocenters. The number of aryl methyl sites for hydroxylation is 4. The van der Waals surface area contributed by atoms with Crippen molar-refractivity contribution in [1.82, 2.24) is 5.43 Å². The average molecular weight is 272 g/mol. The van der Waals surface area contributed by atoms with Gasteiger partial charge in [-0.3, -0.25) is 5.84 Å². The van der Waals surface area contributed by atoms with Crippen LogP contribution in [-0.2, 0) is 0 Å². The van der Waals surface area contributed by atoms with Crippen molar-refractivity contribution in [1.29, 1.82) is 0 Å². The fourth-order valence-corrected chi connectivity index (χ4v) is 2.84. The quantitative estimate of drug-likeness (QED) is 0.661. The Labute approximate surface area is 119 Å². The molecule has 3 N–H and O–H groups in total. The van der Waals surface area contributed by atoms with E-state index in [-0.39, 0.29) is 11.9 Å². The monoisotopic (exact) mass is 272 g/mol. The van der Waals surface area contributed by atoms with Gasteiger partial charge in [0.1, 0.15) is 5.82 Å². The summed E-state index contributed by atoms with van der Waals surface area (Å²) in [4.78, 5) is 0. The SMILES string of the molecule is Cc1cc(C)c(C(NN)c2ccc(F)c(C)c2)c(C)c1. The van der Waals surface area contributed by atoms with Crippen LogP contribution < -0.4 is 11.3 Å². The van der Waals surface area contributed by atoms with Gasteiger partial charge in [0, 0.05) is 0 Å². The Morgan fingerprint density at radius 1 is 0.950 bits per heavy atom. The lowest BCUT2D eigenvalue weighted by atomic mass is 9.90. The lowest BCUT2D eigenvalue weighted by Crippen LogP contribution is -2.30. The Balaban J connectivity index is 2.55. The largest absolute Gasteiger partial charge is 0.271 e. The fourth-order valence-electron chi connectivity index (χ4n) is 2.84. The van der Waals surface area contributed by atoms with Crippen LogP contribution in [0.1, 0.15) is 39.4 Å². The maximum atomic E-state index is 13.4. The number of hydrogen-bond donors (Lipinski definition) is 2. The molecule has 0 spiro atoms. The summed E-state index contributed by atoms with van der Waals surface area (Å²) in [5, 5.41) is 0. The molecule has 106 valence electrons. The van der Waals surface area contributed by atoms with Crippen LogP contribution in [0.2, 0.25) is 0 Å². The second-order valence-corrected chi connectivity index (χ2v) is 5.42. The Bertz CT molecular complexity index is 612. The zero-order chi connectivity index (χ0) is 14.9. The van der Waals surface area contributed by atoms with Gasteiger partial charge in [0.25, 0.3) is 0 Å². The molecule has 3 heteroatoms. The Hall–Kier alpha value is -1.71. The van der Waals surface area contributed by atoms with Gasteiger partial charge in [0.2, 0.25) is 0 Å². The van der Waals surface area contributed by atoms with Crippen LogP contribution in [0.4, 0.5) is 4.39 Å². The van der Waals surface area contributed by atoms with E-state index in [9.17, 15) is 4.39 Å². The number of rotatable bonds is 3. The van der Waals surface area contributed by atoms with Crippen LogP contribution in [0, 0.1) is 33.5 Å². The summed E-state index contributed by atoms with van der Waals surface area (Å²) < 4.78 is 13.4. The zero-order valence-electron chi connectivity index (χ0n) is 12.4. The molecule has 0 heterocycles. The Morgan fingerprint density at radius 2 is 1.55 bits per heavy atom. The van der Waals surface area contributed by atoms with Crippen molar-refractivity contribution in [2.75, 3.05) is 0 Å². The highest BCUT2D eigenvalue weighted by Gasteiger charge is 2.18. The van der Waals surface area contributed by atoms with Crippen LogP contribution in [0.25, 0.3) is 0 Å². The minimum Gasteiger partial charge on any atom is -0.271 e. The molecule has 20 heavy (non-hydrogen) atoms. The molecule has 0 amide bonds. The fraction of sp³-hybridized carbons (Fsp3) is 0.294. The predicted molar refractivity (Wildman–Crippen MR) is 81.0 cm³/mol. The van der Waals surface area contributed by atoms with Gasteiger partial charge in [-0.05, 0) is 61.6 Å². The van der Waals surface area contributed by atoms with Gasteiger partial charge in [-0.25, -0.2) is 9.82 Å². The van der Waals surface area contributed by atoms with E-state index < -0.39 is 0 Å². The van der Waals surface area contributed by atoms with Crippen molar-refractivity contribution in [3.8, 4) is 0 Å². The lowest BCUT2D eigenvalue weighted by Gasteiger charge is -2.22. The molecule has 0 aromatic heterocycles. The first-order valence-corrected chi connectivity index (χ1v) is 6.74. The van der Waals surface area contributed by atoms with E-state index in [1.165, 1.54) is 22.8 Å². The van der Waals surface area contributed by atoms with Crippen molar-refractivity contribution < 1.29 is 4.39 Å². The van der Waals surface area contributed by atoms with Crippen LogP contribution in [-0.4, -0.2) is 0 Å². The lowest BCUT2D eigenvalue weighted by molar-refractivity contribution is 0.606. The molecule has 0 bridgehead atoms. The second kappa shape index (κ2) is 5.73. The van der Waals surface area contributed by atoms with Gasteiger partial charge in [0.05, 0.1) is 6.04 Å². The van der Waals surface area contributed by atoms with E-state index in [0.717, 1.165) is 11.1 Å². The maximum absolute atomic E-state index is 13.4. The summed E-state index contributed by atoms with van der Waals surface area (Å²) in [6.07, 6.45) is 0. The van der Waals surface area contributed by atoms with E-state index in [4.69, 9.17) is 5.84 Å². The van der Waals surface area contributed by atoms with E-state index in [1.807, 2.05) is 6.07 Å². The molecule has 2 aromatic carbocycles. The van der Waals surface area contributed by atoms with Crippen LogP contribution in [0.15, 0.2) is 30.3 Å².